The minimum Gasteiger partial charge on any atom is -0.372 e. The number of ether oxygens (including phenoxy) is 1. The quantitative estimate of drug-likeness (QED) is 0.801. The molecule has 0 spiro atoms. The van der Waals surface area contributed by atoms with Crippen molar-refractivity contribution in [2.45, 2.75) is 19.8 Å². The number of nitrogens with zero attached hydrogens (tertiary/aromatic N) is 2. The maximum absolute atomic E-state index is 5.44. The second kappa shape index (κ2) is 4.85. The molecule has 0 unspecified atom stereocenters. The van der Waals surface area contributed by atoms with Crippen LogP contribution in [0, 0.1) is 0 Å². The van der Waals surface area contributed by atoms with Gasteiger partial charge in [-0.25, -0.2) is 9.97 Å². The molecule has 0 aliphatic carbocycles. The monoisotopic (exact) mass is 283 g/mol. The van der Waals surface area contributed by atoms with E-state index < -0.39 is 0 Å². The molecule has 3 heterocycles. The minimum atomic E-state index is 0.728. The summed E-state index contributed by atoms with van der Waals surface area (Å²) >= 11 is 1.63. The molecule has 100 valence electrons. The molecule has 0 radical (unpaired) electrons. The molecule has 4 rings (SSSR count). The van der Waals surface area contributed by atoms with Crippen LogP contribution in [0.3, 0.4) is 0 Å². The van der Waals surface area contributed by atoms with Gasteiger partial charge in [0, 0.05) is 6.54 Å². The lowest BCUT2D eigenvalue weighted by atomic mass is 10.1. The normalized spacial score (nSPS) is 13.6. The van der Waals surface area contributed by atoms with Gasteiger partial charge >= 0.3 is 0 Å². The van der Waals surface area contributed by atoms with Crippen LogP contribution >= 0.6 is 11.3 Å². The second-order valence-corrected chi connectivity index (χ2v) is 5.71. The molecule has 1 aromatic carbocycles. The molecule has 0 bridgehead atoms. The van der Waals surface area contributed by atoms with Gasteiger partial charge in [-0.1, -0.05) is 18.2 Å². The summed E-state index contributed by atoms with van der Waals surface area (Å²) in [6.45, 7) is 2.23. The molecule has 0 atom stereocenters. The van der Waals surface area contributed by atoms with E-state index in [2.05, 4.69) is 39.6 Å². The molecular weight excluding hydrogens is 270 g/mol. The Morgan fingerprint density at radius 3 is 3.10 bits per heavy atom. The van der Waals surface area contributed by atoms with Crippen molar-refractivity contribution in [1.29, 1.82) is 0 Å². The third kappa shape index (κ3) is 2.05. The van der Waals surface area contributed by atoms with E-state index in [1.165, 1.54) is 16.7 Å². The van der Waals surface area contributed by atoms with E-state index >= 15 is 0 Å². The molecular formula is C15H13N3OS. The number of nitrogens with one attached hydrogen (secondary N) is 1. The Balaban J connectivity index is 1.57. The molecule has 20 heavy (non-hydrogen) atoms. The van der Waals surface area contributed by atoms with Crippen molar-refractivity contribution in [1.82, 2.24) is 9.97 Å². The Morgan fingerprint density at radius 1 is 1.15 bits per heavy atom. The summed E-state index contributed by atoms with van der Waals surface area (Å²) < 4.78 is 5.44. The molecule has 0 saturated carbocycles. The number of thiophene rings is 1. The van der Waals surface area contributed by atoms with Crippen LogP contribution in [0.15, 0.2) is 36.0 Å². The van der Waals surface area contributed by atoms with E-state index in [9.17, 15) is 0 Å². The van der Waals surface area contributed by atoms with Gasteiger partial charge in [-0.3, -0.25) is 0 Å². The highest BCUT2D eigenvalue weighted by molar-refractivity contribution is 7.16. The summed E-state index contributed by atoms with van der Waals surface area (Å²) in [5.74, 6) is 0.896. The van der Waals surface area contributed by atoms with Crippen molar-refractivity contribution in [3.63, 3.8) is 0 Å². The standard InChI is InChI=1S/C15H13N3OS/c1-2-11-7-19-8-12(11)5-10(1)6-16-14-13-3-4-20-15(13)18-9-17-14/h1-5,9H,6-8H2,(H,16,17,18). The molecule has 0 amide bonds. The van der Waals surface area contributed by atoms with Crippen molar-refractivity contribution in [2.75, 3.05) is 5.32 Å². The Bertz CT molecular complexity index is 769. The smallest absolute Gasteiger partial charge is 0.138 e. The molecule has 0 saturated heterocycles. The van der Waals surface area contributed by atoms with Crippen molar-refractivity contribution in [2.24, 2.45) is 0 Å². The van der Waals surface area contributed by atoms with Crippen LogP contribution < -0.4 is 5.32 Å². The number of hydrogen-bond acceptors (Lipinski definition) is 5. The van der Waals surface area contributed by atoms with E-state index in [-0.39, 0.29) is 0 Å². The topological polar surface area (TPSA) is 47.0 Å². The van der Waals surface area contributed by atoms with Crippen LogP contribution in [0.25, 0.3) is 10.2 Å². The zero-order valence-corrected chi connectivity index (χ0v) is 11.6. The Hall–Kier alpha value is -1.98. The van der Waals surface area contributed by atoms with Gasteiger partial charge in [-0.2, -0.15) is 0 Å². The number of benzene rings is 1. The summed E-state index contributed by atoms with van der Waals surface area (Å²) in [6.07, 6.45) is 1.61. The van der Waals surface area contributed by atoms with Gasteiger partial charge in [-0.15, -0.1) is 11.3 Å². The lowest BCUT2D eigenvalue weighted by Gasteiger charge is -2.07. The molecule has 2 aromatic heterocycles. The molecule has 1 aliphatic rings. The third-order valence-corrected chi connectivity index (χ3v) is 4.33. The van der Waals surface area contributed by atoms with Crippen LogP contribution in [-0.2, 0) is 24.5 Å². The third-order valence-electron chi connectivity index (χ3n) is 3.51. The van der Waals surface area contributed by atoms with Crippen LogP contribution in [0.5, 0.6) is 0 Å². The Morgan fingerprint density at radius 2 is 2.10 bits per heavy atom. The van der Waals surface area contributed by atoms with Gasteiger partial charge in [0.05, 0.1) is 18.6 Å². The first-order chi connectivity index (χ1) is 9.90. The van der Waals surface area contributed by atoms with E-state index in [0.717, 1.165) is 35.8 Å². The molecule has 0 fully saturated rings. The zero-order valence-electron chi connectivity index (χ0n) is 10.8. The van der Waals surface area contributed by atoms with Gasteiger partial charge in [0.2, 0.25) is 0 Å². The zero-order chi connectivity index (χ0) is 13.4. The highest BCUT2D eigenvalue weighted by atomic mass is 32.1. The molecule has 3 aromatic rings. The summed E-state index contributed by atoms with van der Waals surface area (Å²) in [5, 5.41) is 6.52. The Labute approximate surface area is 120 Å². The average molecular weight is 283 g/mol. The van der Waals surface area contributed by atoms with Gasteiger partial charge in [0.15, 0.2) is 0 Å². The van der Waals surface area contributed by atoms with Crippen LogP contribution in [0.2, 0.25) is 0 Å². The van der Waals surface area contributed by atoms with Crippen LogP contribution in [0.4, 0.5) is 5.82 Å². The molecule has 4 nitrogen and oxygen atoms in total. The van der Waals surface area contributed by atoms with E-state index in [0.29, 0.717) is 0 Å². The van der Waals surface area contributed by atoms with E-state index in [1.807, 2.05) is 5.38 Å². The van der Waals surface area contributed by atoms with Crippen LogP contribution in [0.1, 0.15) is 16.7 Å². The summed E-state index contributed by atoms with van der Waals surface area (Å²) in [6, 6.07) is 8.56. The Kier molecular flexibility index (Phi) is 2.86. The van der Waals surface area contributed by atoms with E-state index in [4.69, 9.17) is 4.74 Å². The number of aromatic nitrogens is 2. The maximum atomic E-state index is 5.44. The van der Waals surface area contributed by atoms with Gasteiger partial charge < -0.3 is 10.1 Å². The first-order valence-electron chi connectivity index (χ1n) is 6.51. The van der Waals surface area contributed by atoms with Crippen molar-refractivity contribution in [3.8, 4) is 0 Å². The van der Waals surface area contributed by atoms with Crippen molar-refractivity contribution < 1.29 is 4.74 Å². The highest BCUT2D eigenvalue weighted by Gasteiger charge is 2.11. The summed E-state index contributed by atoms with van der Waals surface area (Å²) in [5.41, 5.74) is 3.85. The van der Waals surface area contributed by atoms with Gasteiger partial charge in [-0.05, 0) is 28.1 Å². The predicted molar refractivity (Wildman–Crippen MR) is 79.7 cm³/mol. The molecule has 1 N–H and O–H groups in total. The van der Waals surface area contributed by atoms with Crippen molar-refractivity contribution >= 4 is 27.4 Å². The minimum absolute atomic E-state index is 0.728. The molecule has 1 aliphatic heterocycles. The SMILES string of the molecule is c1nc(NCc2ccc3c(c2)COC3)c2ccsc2n1. The second-order valence-electron chi connectivity index (χ2n) is 4.81. The lowest BCUT2D eigenvalue weighted by molar-refractivity contribution is 0.134. The number of hydrogen-bond donors (Lipinski definition) is 1. The van der Waals surface area contributed by atoms with Gasteiger partial charge in [0.25, 0.3) is 0 Å². The van der Waals surface area contributed by atoms with Crippen molar-refractivity contribution in [3.05, 3.63) is 52.7 Å². The number of fused-ring (bicyclic) bond motifs is 2. The average Bonchev–Trinajstić information content (AvgIpc) is 3.13. The maximum Gasteiger partial charge on any atom is 0.138 e. The number of rotatable bonds is 3. The summed E-state index contributed by atoms with van der Waals surface area (Å²) in [4.78, 5) is 9.60. The fourth-order valence-electron chi connectivity index (χ4n) is 2.45. The van der Waals surface area contributed by atoms with E-state index in [1.54, 1.807) is 17.7 Å². The predicted octanol–water partition coefficient (Wildman–Crippen LogP) is 3.33. The number of anilines is 1. The fraction of sp³-hybridized carbons (Fsp3) is 0.200. The first-order valence-corrected chi connectivity index (χ1v) is 7.38. The fourth-order valence-corrected chi connectivity index (χ4v) is 3.18. The first kappa shape index (κ1) is 11.8. The largest absolute Gasteiger partial charge is 0.372 e. The highest BCUT2D eigenvalue weighted by Crippen LogP contribution is 2.25. The molecule has 5 heteroatoms. The lowest BCUT2D eigenvalue weighted by Crippen LogP contribution is -2.02. The summed E-state index contributed by atoms with van der Waals surface area (Å²) in [7, 11) is 0. The van der Waals surface area contributed by atoms with Crippen LogP contribution in [-0.4, -0.2) is 9.97 Å². The van der Waals surface area contributed by atoms with Gasteiger partial charge in [0.1, 0.15) is 17.0 Å².